The monoisotopic (exact) mass is 418 g/mol. The maximum atomic E-state index is 14.3. The molecule has 4 rings (SSSR count). The molecule has 0 aromatic heterocycles. The molecule has 2 aromatic carbocycles. The predicted molar refractivity (Wildman–Crippen MR) is 111 cm³/mol. The van der Waals surface area contributed by atoms with Gasteiger partial charge in [0.15, 0.2) is 17.3 Å². The van der Waals surface area contributed by atoms with Crippen molar-refractivity contribution in [1.82, 2.24) is 4.90 Å². The van der Waals surface area contributed by atoms with Crippen molar-refractivity contribution in [2.24, 2.45) is 0 Å². The number of nitrogens with zero attached hydrogens (tertiary/aromatic N) is 2. The molecule has 0 saturated carbocycles. The van der Waals surface area contributed by atoms with Gasteiger partial charge in [-0.2, -0.15) is 0 Å². The van der Waals surface area contributed by atoms with Crippen LogP contribution >= 0.6 is 11.6 Å². The van der Waals surface area contributed by atoms with Crippen LogP contribution in [-0.4, -0.2) is 50.6 Å². The van der Waals surface area contributed by atoms with Crippen LogP contribution in [0.25, 0.3) is 0 Å². The highest BCUT2D eigenvalue weighted by Crippen LogP contribution is 2.37. The lowest BCUT2D eigenvalue weighted by Crippen LogP contribution is -2.59. The molecule has 2 aliphatic heterocycles. The van der Waals surface area contributed by atoms with E-state index in [0.717, 1.165) is 24.3 Å². The average Bonchev–Trinajstić information content (AvgIpc) is 2.74. The molecular formula is C22H24ClFN2O3. The molecule has 29 heavy (non-hydrogen) atoms. The molecule has 2 aliphatic rings. The number of carbonyl (C=O) groups excluding carboxylic acids is 1. The van der Waals surface area contributed by atoms with Gasteiger partial charge in [-0.15, -0.1) is 0 Å². The molecule has 7 heteroatoms. The molecule has 2 fully saturated rings. The number of carbonyl (C=O) groups is 1. The van der Waals surface area contributed by atoms with Gasteiger partial charge in [-0.05, 0) is 36.2 Å². The van der Waals surface area contributed by atoms with Crippen molar-refractivity contribution in [2.45, 2.75) is 24.9 Å². The van der Waals surface area contributed by atoms with Gasteiger partial charge >= 0.3 is 0 Å². The number of fused-ring (bicyclic) bond motifs is 1. The first-order valence-electron chi connectivity index (χ1n) is 9.72. The van der Waals surface area contributed by atoms with Crippen molar-refractivity contribution in [3.63, 3.8) is 0 Å². The summed E-state index contributed by atoms with van der Waals surface area (Å²) in [4.78, 5) is 17.1. The topological polar surface area (TPSA) is 42.0 Å². The number of hydrogen-bond donors (Lipinski definition) is 0. The fourth-order valence-corrected chi connectivity index (χ4v) is 4.59. The highest BCUT2D eigenvalue weighted by molar-refractivity contribution is 6.32. The highest BCUT2D eigenvalue weighted by atomic mass is 35.5. The normalized spacial score (nSPS) is 22.3. The van der Waals surface area contributed by atoms with Crippen LogP contribution in [0.15, 0.2) is 36.4 Å². The smallest absolute Gasteiger partial charge is 0.165 e. The Balaban J connectivity index is 1.57. The van der Waals surface area contributed by atoms with E-state index >= 15 is 0 Å². The minimum atomic E-state index is -0.370. The van der Waals surface area contributed by atoms with Crippen LogP contribution in [0.4, 0.5) is 10.1 Å². The Labute approximate surface area is 175 Å². The van der Waals surface area contributed by atoms with Gasteiger partial charge in [0.25, 0.3) is 0 Å². The lowest BCUT2D eigenvalue weighted by Gasteiger charge is -2.48. The summed E-state index contributed by atoms with van der Waals surface area (Å²) >= 11 is 6.15. The van der Waals surface area contributed by atoms with Crippen molar-refractivity contribution < 1.29 is 18.7 Å². The van der Waals surface area contributed by atoms with Gasteiger partial charge in [-0.3, -0.25) is 9.69 Å². The number of piperazine rings is 1. The first kappa shape index (κ1) is 20.0. The number of ketones is 1. The summed E-state index contributed by atoms with van der Waals surface area (Å²) in [7, 11) is 3.05. The third-order valence-electron chi connectivity index (χ3n) is 5.92. The number of halogens is 2. The first-order chi connectivity index (χ1) is 14.0. The molecule has 0 radical (unpaired) electrons. The number of hydrogen-bond acceptors (Lipinski definition) is 5. The first-order valence-corrected chi connectivity index (χ1v) is 10.1. The molecule has 0 N–H and O–H groups in total. The molecule has 154 valence electrons. The second-order valence-electron chi connectivity index (χ2n) is 7.43. The Morgan fingerprint density at radius 3 is 2.55 bits per heavy atom. The fraction of sp³-hybridized carbons (Fsp3) is 0.409. The summed E-state index contributed by atoms with van der Waals surface area (Å²) in [5.41, 5.74) is 1.87. The summed E-state index contributed by atoms with van der Waals surface area (Å²) in [5, 5.41) is 0.560. The highest BCUT2D eigenvalue weighted by Gasteiger charge is 2.40. The van der Waals surface area contributed by atoms with Gasteiger partial charge in [0.1, 0.15) is 5.75 Å². The van der Waals surface area contributed by atoms with E-state index in [0.29, 0.717) is 30.2 Å². The number of rotatable bonds is 4. The molecule has 0 aliphatic carbocycles. The molecule has 2 aromatic rings. The number of methoxy groups -OCH3 is 2. The SMILES string of the molecule is COc1ccc(C2CCC(=O)C3CN(c4ccc(Cl)c(OC)c4)CCN32)cc1F. The van der Waals surface area contributed by atoms with E-state index in [1.807, 2.05) is 24.3 Å². The number of Topliss-reactive ketones (excluding diaryl/α,β-unsaturated/α-hetero) is 1. The molecule has 2 unspecified atom stereocenters. The summed E-state index contributed by atoms with van der Waals surface area (Å²) < 4.78 is 24.6. The summed E-state index contributed by atoms with van der Waals surface area (Å²) in [6.45, 7) is 2.09. The van der Waals surface area contributed by atoms with Gasteiger partial charge < -0.3 is 14.4 Å². The van der Waals surface area contributed by atoms with Gasteiger partial charge in [0, 0.05) is 43.9 Å². The van der Waals surface area contributed by atoms with Crippen LogP contribution in [0.5, 0.6) is 11.5 Å². The molecule has 2 saturated heterocycles. The zero-order valence-electron chi connectivity index (χ0n) is 16.5. The van der Waals surface area contributed by atoms with Gasteiger partial charge in [0.2, 0.25) is 0 Å². The van der Waals surface area contributed by atoms with Crippen LogP contribution < -0.4 is 14.4 Å². The van der Waals surface area contributed by atoms with Crippen LogP contribution in [0.3, 0.4) is 0 Å². The lowest BCUT2D eigenvalue weighted by molar-refractivity contribution is -0.129. The molecule has 0 spiro atoms. The summed E-state index contributed by atoms with van der Waals surface area (Å²) in [6, 6.07) is 10.6. The third kappa shape index (κ3) is 3.79. The van der Waals surface area contributed by atoms with Crippen LogP contribution in [0, 0.1) is 5.82 Å². The molecule has 5 nitrogen and oxygen atoms in total. The van der Waals surface area contributed by atoms with E-state index in [-0.39, 0.29) is 29.4 Å². The number of ether oxygens (including phenoxy) is 2. The predicted octanol–water partition coefficient (Wildman–Crippen LogP) is 4.09. The maximum absolute atomic E-state index is 14.3. The van der Waals surface area contributed by atoms with E-state index < -0.39 is 0 Å². The average molecular weight is 419 g/mol. The molecular weight excluding hydrogens is 395 g/mol. The van der Waals surface area contributed by atoms with Gasteiger partial charge in [-0.25, -0.2) is 4.39 Å². The van der Waals surface area contributed by atoms with Crippen LogP contribution in [-0.2, 0) is 4.79 Å². The van der Waals surface area contributed by atoms with Gasteiger partial charge in [0.05, 0.1) is 25.3 Å². The third-order valence-corrected chi connectivity index (χ3v) is 6.23. The Morgan fingerprint density at radius 2 is 1.83 bits per heavy atom. The van der Waals surface area contributed by atoms with E-state index in [2.05, 4.69) is 9.80 Å². The van der Waals surface area contributed by atoms with E-state index in [1.165, 1.54) is 13.2 Å². The number of piperidine rings is 1. The second kappa shape index (κ2) is 8.20. The largest absolute Gasteiger partial charge is 0.495 e. The minimum Gasteiger partial charge on any atom is -0.495 e. The van der Waals surface area contributed by atoms with E-state index in [1.54, 1.807) is 13.2 Å². The molecule has 0 amide bonds. The minimum absolute atomic E-state index is 0.0278. The maximum Gasteiger partial charge on any atom is 0.165 e. The number of anilines is 1. The van der Waals surface area contributed by atoms with E-state index in [9.17, 15) is 9.18 Å². The van der Waals surface area contributed by atoms with Crippen molar-refractivity contribution in [2.75, 3.05) is 38.8 Å². The van der Waals surface area contributed by atoms with Crippen molar-refractivity contribution in [3.8, 4) is 11.5 Å². The van der Waals surface area contributed by atoms with Crippen LogP contribution in [0.1, 0.15) is 24.4 Å². The zero-order chi connectivity index (χ0) is 20.5. The lowest BCUT2D eigenvalue weighted by atomic mass is 9.88. The Morgan fingerprint density at radius 1 is 1.03 bits per heavy atom. The summed E-state index contributed by atoms with van der Waals surface area (Å²) in [5.74, 6) is 0.720. The summed E-state index contributed by atoms with van der Waals surface area (Å²) in [6.07, 6.45) is 1.20. The molecule has 0 bridgehead atoms. The van der Waals surface area contributed by atoms with Crippen molar-refractivity contribution in [3.05, 3.63) is 52.8 Å². The standard InChI is InChI=1S/C22H24ClFN2O3/c1-28-21-8-3-14(11-17(21)24)18-6-7-20(27)19-13-25(9-10-26(18)19)15-4-5-16(23)22(12-15)29-2/h3-5,8,11-12,18-19H,6-7,9-10,13H2,1-2H3. The molecule has 2 heterocycles. The van der Waals surface area contributed by atoms with Crippen molar-refractivity contribution in [1.29, 1.82) is 0 Å². The molecule has 2 atom stereocenters. The number of benzene rings is 2. The Hall–Kier alpha value is -2.31. The Kier molecular flexibility index (Phi) is 5.65. The van der Waals surface area contributed by atoms with Crippen LogP contribution in [0.2, 0.25) is 5.02 Å². The van der Waals surface area contributed by atoms with Crippen molar-refractivity contribution >= 4 is 23.1 Å². The van der Waals surface area contributed by atoms with Gasteiger partial charge in [-0.1, -0.05) is 17.7 Å². The fourth-order valence-electron chi connectivity index (χ4n) is 4.40. The Bertz CT molecular complexity index is 923. The zero-order valence-corrected chi connectivity index (χ0v) is 17.3. The second-order valence-corrected chi connectivity index (χ2v) is 7.84. The quantitative estimate of drug-likeness (QED) is 0.748. The van der Waals surface area contributed by atoms with E-state index in [4.69, 9.17) is 21.1 Å².